The molecule has 1 atom stereocenters. The van der Waals surface area contributed by atoms with E-state index < -0.39 is 0 Å². The lowest BCUT2D eigenvalue weighted by Crippen LogP contribution is -2.33. The molecule has 3 rings (SSSR count). The van der Waals surface area contributed by atoms with Crippen LogP contribution in [0.15, 0.2) is 41.8 Å². The van der Waals surface area contributed by atoms with Crippen LogP contribution in [-0.4, -0.2) is 13.0 Å². The Morgan fingerprint density at radius 3 is 2.82 bits per heavy atom. The van der Waals surface area contributed by atoms with E-state index in [0.29, 0.717) is 5.56 Å². The largest absolute Gasteiger partial charge is 0.433 e. The van der Waals surface area contributed by atoms with Crippen molar-refractivity contribution in [2.75, 3.05) is 11.9 Å². The van der Waals surface area contributed by atoms with Crippen molar-refractivity contribution in [2.24, 2.45) is 0 Å². The highest BCUT2D eigenvalue weighted by atomic mass is 32.1. The highest BCUT2D eigenvalue weighted by Crippen LogP contribution is 2.36. The Labute approximate surface area is 103 Å². The first kappa shape index (κ1) is 10.4. The number of nitrogens with zero attached hydrogens (tertiary/aromatic N) is 1. The van der Waals surface area contributed by atoms with Crippen LogP contribution in [0.5, 0.6) is 0 Å². The lowest BCUT2D eigenvalue weighted by Gasteiger charge is -2.34. The van der Waals surface area contributed by atoms with Gasteiger partial charge in [0, 0.05) is 7.05 Å². The van der Waals surface area contributed by atoms with E-state index in [4.69, 9.17) is 4.74 Å². The molecule has 0 N–H and O–H groups in total. The molecule has 3 nitrogen and oxygen atoms in total. The fourth-order valence-electron chi connectivity index (χ4n) is 2.00. The Hall–Kier alpha value is -1.81. The molecule has 1 unspecified atom stereocenters. The third-order valence-corrected chi connectivity index (χ3v) is 3.76. The van der Waals surface area contributed by atoms with Crippen molar-refractivity contribution >= 4 is 23.0 Å². The van der Waals surface area contributed by atoms with E-state index in [-0.39, 0.29) is 12.2 Å². The number of esters is 1. The van der Waals surface area contributed by atoms with Gasteiger partial charge in [-0.3, -0.25) is 0 Å². The Bertz CT molecular complexity index is 550. The van der Waals surface area contributed by atoms with Gasteiger partial charge >= 0.3 is 5.97 Å². The topological polar surface area (TPSA) is 29.5 Å². The second-order valence-electron chi connectivity index (χ2n) is 3.90. The van der Waals surface area contributed by atoms with Crippen LogP contribution in [-0.2, 0) is 4.74 Å². The van der Waals surface area contributed by atoms with Gasteiger partial charge < -0.3 is 9.64 Å². The SMILES string of the molecule is CN1c2ccccc2C(=O)OC1c1cccs1. The third kappa shape index (κ3) is 1.61. The first-order valence-electron chi connectivity index (χ1n) is 5.33. The number of rotatable bonds is 1. The molecule has 0 saturated carbocycles. The Morgan fingerprint density at radius 1 is 1.24 bits per heavy atom. The van der Waals surface area contributed by atoms with Gasteiger partial charge in [-0.2, -0.15) is 0 Å². The molecular weight excluding hydrogens is 234 g/mol. The van der Waals surface area contributed by atoms with Crippen LogP contribution in [0.1, 0.15) is 21.5 Å². The summed E-state index contributed by atoms with van der Waals surface area (Å²) < 4.78 is 5.47. The molecule has 0 amide bonds. The average molecular weight is 245 g/mol. The summed E-state index contributed by atoms with van der Waals surface area (Å²) in [7, 11) is 1.94. The summed E-state index contributed by atoms with van der Waals surface area (Å²) in [6.07, 6.45) is -0.308. The van der Waals surface area contributed by atoms with Crippen LogP contribution < -0.4 is 4.90 Å². The number of carbonyl (C=O) groups excluding carboxylic acids is 1. The number of para-hydroxylation sites is 1. The van der Waals surface area contributed by atoms with Gasteiger partial charge in [0.1, 0.15) is 0 Å². The highest BCUT2D eigenvalue weighted by Gasteiger charge is 2.31. The van der Waals surface area contributed by atoms with E-state index in [0.717, 1.165) is 10.6 Å². The van der Waals surface area contributed by atoms with Crippen LogP contribution in [0.4, 0.5) is 5.69 Å². The Morgan fingerprint density at radius 2 is 2.06 bits per heavy atom. The number of benzene rings is 1. The number of thiophene rings is 1. The summed E-state index contributed by atoms with van der Waals surface area (Å²) in [5.74, 6) is -0.253. The van der Waals surface area contributed by atoms with Gasteiger partial charge in [0.2, 0.25) is 6.23 Å². The molecule has 1 aliphatic heterocycles. The number of hydrogen-bond acceptors (Lipinski definition) is 4. The van der Waals surface area contributed by atoms with Crippen LogP contribution in [0.3, 0.4) is 0 Å². The van der Waals surface area contributed by atoms with Crippen molar-refractivity contribution < 1.29 is 9.53 Å². The maximum Gasteiger partial charge on any atom is 0.342 e. The van der Waals surface area contributed by atoms with Crippen molar-refractivity contribution in [3.63, 3.8) is 0 Å². The fourth-order valence-corrected chi connectivity index (χ4v) is 2.80. The van der Waals surface area contributed by atoms with Gasteiger partial charge in [-0.15, -0.1) is 11.3 Å². The first-order chi connectivity index (χ1) is 8.27. The van der Waals surface area contributed by atoms with E-state index in [1.54, 1.807) is 17.4 Å². The summed E-state index contributed by atoms with van der Waals surface area (Å²) in [6, 6.07) is 11.4. The summed E-state index contributed by atoms with van der Waals surface area (Å²) >= 11 is 1.59. The monoisotopic (exact) mass is 245 g/mol. The molecular formula is C13H11NO2S. The molecule has 0 fully saturated rings. The van der Waals surface area contributed by atoms with E-state index in [1.807, 2.05) is 47.7 Å². The van der Waals surface area contributed by atoms with E-state index in [1.165, 1.54) is 0 Å². The van der Waals surface area contributed by atoms with Crippen molar-refractivity contribution in [1.29, 1.82) is 0 Å². The maximum absolute atomic E-state index is 11.9. The van der Waals surface area contributed by atoms with Gasteiger partial charge in [0.15, 0.2) is 0 Å². The maximum atomic E-state index is 11.9. The summed E-state index contributed by atoms with van der Waals surface area (Å²) in [6.45, 7) is 0. The zero-order chi connectivity index (χ0) is 11.8. The standard InChI is InChI=1S/C13H11NO2S/c1-14-10-6-3-2-5-9(10)13(15)16-12(14)11-7-4-8-17-11/h2-8,12H,1H3. The van der Waals surface area contributed by atoms with Gasteiger partial charge in [0.05, 0.1) is 16.1 Å². The van der Waals surface area contributed by atoms with Crippen molar-refractivity contribution in [3.05, 3.63) is 52.2 Å². The van der Waals surface area contributed by atoms with Crippen LogP contribution >= 0.6 is 11.3 Å². The molecule has 17 heavy (non-hydrogen) atoms. The van der Waals surface area contributed by atoms with Crippen LogP contribution in [0.25, 0.3) is 0 Å². The quantitative estimate of drug-likeness (QED) is 0.723. The molecule has 2 heterocycles. The van der Waals surface area contributed by atoms with Crippen molar-refractivity contribution in [1.82, 2.24) is 0 Å². The molecule has 2 aromatic rings. The summed E-state index contributed by atoms with van der Waals surface area (Å²) in [4.78, 5) is 14.9. The number of ether oxygens (including phenoxy) is 1. The smallest absolute Gasteiger partial charge is 0.342 e. The van der Waals surface area contributed by atoms with Crippen LogP contribution in [0.2, 0.25) is 0 Å². The minimum absolute atomic E-state index is 0.253. The minimum atomic E-state index is -0.308. The fraction of sp³-hybridized carbons (Fsp3) is 0.154. The number of anilines is 1. The van der Waals surface area contributed by atoms with Gasteiger partial charge in [-0.25, -0.2) is 4.79 Å². The van der Waals surface area contributed by atoms with E-state index in [2.05, 4.69) is 0 Å². The predicted octanol–water partition coefficient (Wildman–Crippen LogP) is 3.05. The highest BCUT2D eigenvalue weighted by molar-refractivity contribution is 7.10. The lowest BCUT2D eigenvalue weighted by atomic mass is 10.1. The third-order valence-electron chi connectivity index (χ3n) is 2.86. The average Bonchev–Trinajstić information content (AvgIpc) is 2.87. The summed E-state index contributed by atoms with van der Waals surface area (Å²) in [5, 5.41) is 1.98. The Balaban J connectivity index is 2.06. The molecule has 0 spiro atoms. The molecule has 86 valence electrons. The van der Waals surface area contributed by atoms with E-state index >= 15 is 0 Å². The normalized spacial score (nSPS) is 18.8. The molecule has 1 aromatic carbocycles. The lowest BCUT2D eigenvalue weighted by molar-refractivity contribution is 0.0272. The molecule has 0 bridgehead atoms. The molecule has 0 saturated heterocycles. The van der Waals surface area contributed by atoms with Gasteiger partial charge in [-0.1, -0.05) is 18.2 Å². The molecule has 1 aliphatic rings. The molecule has 1 aromatic heterocycles. The number of fused-ring (bicyclic) bond motifs is 1. The van der Waals surface area contributed by atoms with E-state index in [9.17, 15) is 4.79 Å². The number of hydrogen-bond donors (Lipinski definition) is 0. The zero-order valence-corrected chi connectivity index (χ0v) is 10.1. The number of cyclic esters (lactones) is 1. The van der Waals surface area contributed by atoms with Crippen molar-refractivity contribution in [2.45, 2.75) is 6.23 Å². The second-order valence-corrected chi connectivity index (χ2v) is 4.88. The zero-order valence-electron chi connectivity index (χ0n) is 9.29. The number of carbonyl (C=O) groups is 1. The van der Waals surface area contributed by atoms with Gasteiger partial charge in [0.25, 0.3) is 0 Å². The van der Waals surface area contributed by atoms with Gasteiger partial charge in [-0.05, 0) is 23.6 Å². The van der Waals surface area contributed by atoms with Crippen molar-refractivity contribution in [3.8, 4) is 0 Å². The predicted molar refractivity (Wildman–Crippen MR) is 67.3 cm³/mol. The first-order valence-corrected chi connectivity index (χ1v) is 6.21. The van der Waals surface area contributed by atoms with Crippen LogP contribution in [0, 0.1) is 0 Å². The molecule has 0 aliphatic carbocycles. The molecule has 4 heteroatoms. The minimum Gasteiger partial charge on any atom is -0.433 e. The molecule has 0 radical (unpaired) electrons. The second kappa shape index (κ2) is 3.89. The Kier molecular flexibility index (Phi) is 2.37. The summed E-state index contributed by atoms with van der Waals surface area (Å²) in [5.41, 5.74) is 1.55.